The predicted molar refractivity (Wildman–Crippen MR) is 145 cm³/mol. The van der Waals surface area contributed by atoms with Gasteiger partial charge < -0.3 is 15.5 Å². The lowest BCUT2D eigenvalue weighted by Crippen LogP contribution is -2.43. The van der Waals surface area contributed by atoms with Crippen molar-refractivity contribution in [3.8, 4) is 10.7 Å². The van der Waals surface area contributed by atoms with Crippen molar-refractivity contribution in [2.24, 2.45) is 0 Å². The highest BCUT2D eigenvalue weighted by Crippen LogP contribution is 2.28. The van der Waals surface area contributed by atoms with Crippen LogP contribution in [0.25, 0.3) is 16.4 Å². The topological polar surface area (TPSA) is 125 Å². The highest BCUT2D eigenvalue weighted by Gasteiger charge is 2.26. The van der Waals surface area contributed by atoms with Crippen LogP contribution in [0, 0.1) is 0 Å². The Bertz CT molecular complexity index is 1450. The Balaban J connectivity index is 1.27. The highest BCUT2D eigenvalue weighted by molar-refractivity contribution is 7.89. The van der Waals surface area contributed by atoms with Crippen LogP contribution < -0.4 is 15.5 Å². The zero-order valence-electron chi connectivity index (χ0n) is 20.5. The number of allylic oxidation sites excluding steroid dienone is 3. The summed E-state index contributed by atoms with van der Waals surface area (Å²) in [5, 5.41) is 12.6. The summed E-state index contributed by atoms with van der Waals surface area (Å²) in [5.41, 5.74) is 3.30. The minimum Gasteiger partial charge on any atom is -0.367 e. The second-order valence-corrected chi connectivity index (χ2v) is 12.1. The van der Waals surface area contributed by atoms with Crippen LogP contribution in [-0.2, 0) is 10.0 Å². The monoisotopic (exact) mass is 540 g/mol. The van der Waals surface area contributed by atoms with Gasteiger partial charge in [-0.25, -0.2) is 22.4 Å². The Hall–Kier alpha value is -3.39. The van der Waals surface area contributed by atoms with E-state index in [0.717, 1.165) is 37.6 Å². The third-order valence-electron chi connectivity index (χ3n) is 6.25. The van der Waals surface area contributed by atoms with Gasteiger partial charge in [0.15, 0.2) is 0 Å². The summed E-state index contributed by atoms with van der Waals surface area (Å²) in [6, 6.07) is 3.73. The van der Waals surface area contributed by atoms with E-state index in [1.807, 2.05) is 18.2 Å². The second kappa shape index (κ2) is 10.5. The second-order valence-electron chi connectivity index (χ2n) is 8.86. The number of amides is 1. The summed E-state index contributed by atoms with van der Waals surface area (Å²) in [7, 11) is -0.295. The molecule has 11 nitrogen and oxygen atoms in total. The molecule has 0 spiro atoms. The van der Waals surface area contributed by atoms with Crippen molar-refractivity contribution in [3.05, 3.63) is 60.0 Å². The van der Waals surface area contributed by atoms with E-state index < -0.39 is 15.3 Å². The van der Waals surface area contributed by atoms with Crippen LogP contribution in [-0.4, -0.2) is 83.9 Å². The molecule has 1 atom stereocenters. The van der Waals surface area contributed by atoms with Crippen molar-refractivity contribution in [1.29, 1.82) is 0 Å². The van der Waals surface area contributed by atoms with Gasteiger partial charge in [0.05, 0.1) is 28.5 Å². The van der Waals surface area contributed by atoms with E-state index in [2.05, 4.69) is 30.6 Å². The molecular formula is C24H28N8O3S2. The molecule has 3 aromatic heterocycles. The van der Waals surface area contributed by atoms with E-state index >= 15 is 0 Å². The largest absolute Gasteiger partial charge is 0.367 e. The number of sulfonamides is 1. The van der Waals surface area contributed by atoms with Gasteiger partial charge in [0.1, 0.15) is 16.4 Å². The fourth-order valence-corrected chi connectivity index (χ4v) is 6.10. The molecular weight excluding hydrogens is 512 g/mol. The Morgan fingerprint density at radius 1 is 1.24 bits per heavy atom. The lowest BCUT2D eigenvalue weighted by molar-refractivity contribution is 0.102. The molecule has 0 bridgehead atoms. The molecule has 194 valence electrons. The average Bonchev–Trinajstić information content (AvgIpc) is 3.60. The number of carbonyl (C=O) groups is 1. The van der Waals surface area contributed by atoms with E-state index in [1.165, 1.54) is 29.7 Å². The maximum atomic E-state index is 13.0. The summed E-state index contributed by atoms with van der Waals surface area (Å²) in [6.07, 6.45) is 10.8. The lowest BCUT2D eigenvalue weighted by atomic mass is 10.1. The van der Waals surface area contributed by atoms with Crippen molar-refractivity contribution in [3.63, 3.8) is 0 Å². The Morgan fingerprint density at radius 3 is 2.78 bits per heavy atom. The van der Waals surface area contributed by atoms with Gasteiger partial charge in [0.2, 0.25) is 10.0 Å². The number of nitrogens with one attached hydrogen (secondary N) is 2. The van der Waals surface area contributed by atoms with Crippen molar-refractivity contribution in [2.75, 3.05) is 50.5 Å². The SMILES string of the molecule is CN(C)S(=O)(=O)C1C=CC(n2ccc(-c3nc(C(=O)Nc4cnccc4N4CCNCC4)cs3)n2)=CC1. The van der Waals surface area contributed by atoms with E-state index in [9.17, 15) is 13.2 Å². The Labute approximate surface area is 219 Å². The van der Waals surface area contributed by atoms with Gasteiger partial charge in [0, 0.05) is 58.0 Å². The normalized spacial score (nSPS) is 18.2. The maximum absolute atomic E-state index is 13.0. The molecule has 1 fully saturated rings. The molecule has 0 aromatic carbocycles. The number of pyridine rings is 1. The zero-order chi connectivity index (χ0) is 26.0. The molecule has 3 aromatic rings. The molecule has 2 N–H and O–H groups in total. The van der Waals surface area contributed by atoms with E-state index in [0.29, 0.717) is 28.5 Å². The van der Waals surface area contributed by atoms with Crippen molar-refractivity contribution < 1.29 is 13.2 Å². The minimum absolute atomic E-state index is 0.304. The van der Waals surface area contributed by atoms with Crippen LogP contribution in [0.3, 0.4) is 0 Å². The van der Waals surface area contributed by atoms with Crippen molar-refractivity contribution in [1.82, 2.24) is 29.4 Å². The van der Waals surface area contributed by atoms with Gasteiger partial charge in [-0.2, -0.15) is 5.10 Å². The summed E-state index contributed by atoms with van der Waals surface area (Å²) in [5.74, 6) is -0.308. The smallest absolute Gasteiger partial charge is 0.275 e. The predicted octanol–water partition coefficient (Wildman–Crippen LogP) is 2.12. The third-order valence-corrected chi connectivity index (χ3v) is 9.24. The molecule has 1 amide bonds. The first-order chi connectivity index (χ1) is 17.8. The fourth-order valence-electron chi connectivity index (χ4n) is 4.18. The number of carbonyl (C=O) groups excluding carboxylic acids is 1. The average molecular weight is 541 g/mol. The van der Waals surface area contributed by atoms with Crippen LogP contribution in [0.5, 0.6) is 0 Å². The third kappa shape index (κ3) is 5.34. The number of piperazine rings is 1. The summed E-state index contributed by atoms with van der Waals surface area (Å²) in [6.45, 7) is 3.49. The van der Waals surface area contributed by atoms with Crippen molar-refractivity contribution in [2.45, 2.75) is 11.7 Å². The molecule has 1 aliphatic heterocycles. The first-order valence-electron chi connectivity index (χ1n) is 11.9. The number of anilines is 2. The Morgan fingerprint density at radius 2 is 2.05 bits per heavy atom. The Kier molecular flexibility index (Phi) is 7.20. The molecule has 0 saturated carbocycles. The fraction of sp³-hybridized carbons (Fsp3) is 0.333. The van der Waals surface area contributed by atoms with Gasteiger partial charge in [-0.1, -0.05) is 12.2 Å². The van der Waals surface area contributed by atoms with Crippen LogP contribution >= 0.6 is 11.3 Å². The van der Waals surface area contributed by atoms with E-state index in [1.54, 1.807) is 40.8 Å². The summed E-state index contributed by atoms with van der Waals surface area (Å²) >= 11 is 1.34. The summed E-state index contributed by atoms with van der Waals surface area (Å²) < 4.78 is 27.7. The van der Waals surface area contributed by atoms with Crippen LogP contribution in [0.2, 0.25) is 0 Å². The van der Waals surface area contributed by atoms with Crippen LogP contribution in [0.15, 0.2) is 54.3 Å². The minimum atomic E-state index is -3.36. The number of nitrogens with zero attached hydrogens (tertiary/aromatic N) is 6. The van der Waals surface area contributed by atoms with Crippen molar-refractivity contribution >= 4 is 44.3 Å². The number of rotatable bonds is 7. The molecule has 4 heterocycles. The molecule has 1 aliphatic carbocycles. The van der Waals surface area contributed by atoms with Gasteiger partial charge in [-0.3, -0.25) is 9.78 Å². The number of aromatic nitrogens is 4. The number of thiazole rings is 1. The molecule has 5 rings (SSSR count). The number of hydrogen-bond acceptors (Lipinski definition) is 9. The van der Waals surface area contributed by atoms with Gasteiger partial charge in [0.25, 0.3) is 5.91 Å². The maximum Gasteiger partial charge on any atom is 0.275 e. The molecule has 2 aliphatic rings. The quantitative estimate of drug-likeness (QED) is 0.467. The standard InChI is InChI=1S/C24H28N8O3S2/c1-30(2)37(34,35)18-5-3-17(4-6-18)32-12-8-19(29-32)24-28-21(16-36-24)23(33)27-20-15-26-9-7-22(20)31-13-10-25-11-14-31/h3-5,7-9,12,15-16,18,25H,6,10-11,13-14H2,1-2H3,(H,27,33). The molecule has 1 unspecified atom stereocenters. The molecule has 13 heteroatoms. The molecule has 0 radical (unpaired) electrons. The highest BCUT2D eigenvalue weighted by atomic mass is 32.2. The summed E-state index contributed by atoms with van der Waals surface area (Å²) in [4.78, 5) is 23.9. The van der Waals surface area contributed by atoms with E-state index in [4.69, 9.17) is 0 Å². The van der Waals surface area contributed by atoms with Gasteiger partial charge in [-0.05, 0) is 24.6 Å². The van der Waals surface area contributed by atoms with Gasteiger partial charge in [-0.15, -0.1) is 11.3 Å². The molecule has 1 saturated heterocycles. The first kappa shape index (κ1) is 25.3. The lowest BCUT2D eigenvalue weighted by Gasteiger charge is -2.30. The number of hydrogen-bond donors (Lipinski definition) is 2. The molecule has 37 heavy (non-hydrogen) atoms. The van der Waals surface area contributed by atoms with Crippen LogP contribution in [0.4, 0.5) is 11.4 Å². The van der Waals surface area contributed by atoms with Crippen LogP contribution in [0.1, 0.15) is 16.9 Å². The van der Waals surface area contributed by atoms with E-state index in [-0.39, 0.29) is 5.91 Å². The van der Waals surface area contributed by atoms with Gasteiger partial charge >= 0.3 is 0 Å². The first-order valence-corrected chi connectivity index (χ1v) is 14.2. The zero-order valence-corrected chi connectivity index (χ0v) is 22.2.